The monoisotopic (exact) mass is 257 g/mol. The molecule has 0 aliphatic carbocycles. The lowest BCUT2D eigenvalue weighted by molar-refractivity contribution is 0.388. The third kappa shape index (κ3) is 2.99. The van der Waals surface area contributed by atoms with Gasteiger partial charge in [0.05, 0.1) is 0 Å². The van der Waals surface area contributed by atoms with E-state index in [-0.39, 0.29) is 17.4 Å². The molecule has 1 N–H and O–H groups in total. The highest BCUT2D eigenvalue weighted by Gasteiger charge is 2.19. The molecule has 17 heavy (non-hydrogen) atoms. The van der Waals surface area contributed by atoms with Gasteiger partial charge in [-0.3, -0.25) is 0 Å². The van der Waals surface area contributed by atoms with E-state index in [2.05, 4.69) is 5.32 Å². The highest BCUT2D eigenvalue weighted by Crippen LogP contribution is 2.26. The summed E-state index contributed by atoms with van der Waals surface area (Å²) in [7, 11) is 0. The second-order valence-corrected chi connectivity index (χ2v) is 5.24. The van der Waals surface area contributed by atoms with Gasteiger partial charge in [0.25, 0.3) is 0 Å². The first kappa shape index (κ1) is 12.8. The van der Waals surface area contributed by atoms with Gasteiger partial charge < -0.3 is 5.32 Å². The molecule has 1 aliphatic heterocycles. The van der Waals surface area contributed by atoms with Crippen molar-refractivity contribution in [2.75, 3.05) is 12.8 Å². The van der Waals surface area contributed by atoms with Crippen molar-refractivity contribution in [2.24, 2.45) is 0 Å². The van der Waals surface area contributed by atoms with Gasteiger partial charge in [0, 0.05) is 16.5 Å². The quantitative estimate of drug-likeness (QED) is 0.833. The van der Waals surface area contributed by atoms with Crippen LogP contribution in [0.25, 0.3) is 0 Å². The summed E-state index contributed by atoms with van der Waals surface area (Å²) < 4.78 is 27.6. The summed E-state index contributed by atoms with van der Waals surface area (Å²) in [5.74, 6) is -0.808. The largest absolute Gasteiger partial charge is 0.314 e. The van der Waals surface area contributed by atoms with E-state index in [0.29, 0.717) is 11.3 Å². The lowest BCUT2D eigenvalue weighted by Gasteiger charge is -2.24. The van der Waals surface area contributed by atoms with Crippen molar-refractivity contribution in [3.05, 3.63) is 29.3 Å². The highest BCUT2D eigenvalue weighted by atomic mass is 32.2. The maximum absolute atomic E-state index is 14.0. The van der Waals surface area contributed by atoms with Crippen LogP contribution in [-0.2, 0) is 6.42 Å². The van der Waals surface area contributed by atoms with Crippen molar-refractivity contribution < 1.29 is 8.78 Å². The van der Waals surface area contributed by atoms with E-state index in [1.807, 2.05) is 0 Å². The Hall–Kier alpha value is -0.610. The molecule has 0 bridgehead atoms. The van der Waals surface area contributed by atoms with Crippen LogP contribution in [0.15, 0.2) is 17.0 Å². The molecule has 0 aromatic heterocycles. The van der Waals surface area contributed by atoms with Crippen LogP contribution < -0.4 is 5.32 Å². The molecule has 1 saturated heterocycles. The standard InChI is InChI=1S/C13H17F2NS/c1-17-12-6-5-11(14)10(13(12)15)8-9-4-2-3-7-16-9/h5-6,9,16H,2-4,7-8H2,1H3. The van der Waals surface area contributed by atoms with Gasteiger partial charge in [0.15, 0.2) is 0 Å². The average molecular weight is 257 g/mol. The summed E-state index contributed by atoms with van der Waals surface area (Å²) >= 11 is 1.32. The lowest BCUT2D eigenvalue weighted by atomic mass is 9.97. The number of hydrogen-bond acceptors (Lipinski definition) is 2. The maximum atomic E-state index is 14.0. The van der Waals surface area contributed by atoms with Gasteiger partial charge in [-0.15, -0.1) is 11.8 Å². The van der Waals surface area contributed by atoms with Crippen LogP contribution in [0.3, 0.4) is 0 Å². The van der Waals surface area contributed by atoms with Gasteiger partial charge in [-0.1, -0.05) is 6.42 Å². The molecule has 0 radical (unpaired) electrons. The molecule has 94 valence electrons. The molecule has 1 fully saturated rings. The normalized spacial score (nSPS) is 20.5. The van der Waals surface area contributed by atoms with Crippen LogP contribution in [0.5, 0.6) is 0 Å². The summed E-state index contributed by atoms with van der Waals surface area (Å²) in [6.07, 6.45) is 5.56. The summed E-state index contributed by atoms with van der Waals surface area (Å²) in [5, 5.41) is 3.32. The molecule has 1 aliphatic rings. The Labute approximate surface area is 105 Å². The fourth-order valence-electron chi connectivity index (χ4n) is 2.27. The Bertz CT molecular complexity index is 389. The minimum absolute atomic E-state index is 0.213. The van der Waals surface area contributed by atoms with Gasteiger partial charge in [0.2, 0.25) is 0 Å². The van der Waals surface area contributed by atoms with Crippen LogP contribution in [0, 0.1) is 11.6 Å². The molecule has 1 heterocycles. The van der Waals surface area contributed by atoms with Crippen molar-refractivity contribution >= 4 is 11.8 Å². The Morgan fingerprint density at radius 1 is 1.35 bits per heavy atom. The Kier molecular flexibility index (Phi) is 4.40. The van der Waals surface area contributed by atoms with Gasteiger partial charge in [-0.05, 0) is 44.2 Å². The van der Waals surface area contributed by atoms with Crippen molar-refractivity contribution in [1.82, 2.24) is 5.32 Å². The van der Waals surface area contributed by atoms with E-state index in [0.717, 1.165) is 25.8 Å². The predicted octanol–water partition coefficient (Wildman–Crippen LogP) is 3.37. The molecule has 1 aromatic carbocycles. The number of thioether (sulfide) groups is 1. The van der Waals surface area contributed by atoms with Crippen LogP contribution in [-0.4, -0.2) is 18.8 Å². The summed E-state index contributed by atoms with van der Waals surface area (Å²) in [6.45, 7) is 0.954. The molecular formula is C13H17F2NS. The van der Waals surface area contributed by atoms with Gasteiger partial charge in [0.1, 0.15) is 11.6 Å². The van der Waals surface area contributed by atoms with Crippen LogP contribution in [0.2, 0.25) is 0 Å². The minimum Gasteiger partial charge on any atom is -0.314 e. The molecule has 1 aromatic rings. The summed E-state index contributed by atoms with van der Waals surface area (Å²) in [6, 6.07) is 3.09. The Morgan fingerprint density at radius 2 is 2.18 bits per heavy atom. The minimum atomic E-state index is -0.423. The number of nitrogens with one attached hydrogen (secondary N) is 1. The summed E-state index contributed by atoms with van der Waals surface area (Å²) in [5.41, 5.74) is 0.233. The van der Waals surface area contributed by atoms with Gasteiger partial charge in [-0.25, -0.2) is 8.78 Å². The highest BCUT2D eigenvalue weighted by molar-refractivity contribution is 7.98. The molecule has 1 unspecified atom stereocenters. The molecular weight excluding hydrogens is 240 g/mol. The van der Waals surface area contributed by atoms with E-state index in [1.54, 1.807) is 6.26 Å². The molecule has 4 heteroatoms. The average Bonchev–Trinajstić information content (AvgIpc) is 2.36. The van der Waals surface area contributed by atoms with E-state index >= 15 is 0 Å². The molecule has 0 saturated carbocycles. The third-order valence-electron chi connectivity index (χ3n) is 3.23. The zero-order valence-corrected chi connectivity index (χ0v) is 10.7. The van der Waals surface area contributed by atoms with E-state index in [9.17, 15) is 8.78 Å². The first-order valence-corrected chi connectivity index (χ1v) is 7.19. The Morgan fingerprint density at radius 3 is 2.82 bits per heavy atom. The van der Waals surface area contributed by atoms with Gasteiger partial charge >= 0.3 is 0 Å². The summed E-state index contributed by atoms with van der Waals surface area (Å²) in [4.78, 5) is 0.525. The Balaban J connectivity index is 2.18. The zero-order valence-electron chi connectivity index (χ0n) is 9.93. The fourth-order valence-corrected chi connectivity index (χ4v) is 2.77. The maximum Gasteiger partial charge on any atom is 0.142 e. The van der Waals surface area contributed by atoms with Crippen molar-refractivity contribution in [1.29, 1.82) is 0 Å². The number of rotatable bonds is 3. The van der Waals surface area contributed by atoms with Crippen LogP contribution in [0.1, 0.15) is 24.8 Å². The van der Waals surface area contributed by atoms with Gasteiger partial charge in [-0.2, -0.15) is 0 Å². The predicted molar refractivity (Wildman–Crippen MR) is 67.5 cm³/mol. The topological polar surface area (TPSA) is 12.0 Å². The molecule has 1 nitrogen and oxygen atoms in total. The number of halogens is 2. The van der Waals surface area contributed by atoms with E-state index in [1.165, 1.54) is 23.9 Å². The first-order valence-electron chi connectivity index (χ1n) is 5.96. The van der Waals surface area contributed by atoms with Crippen molar-refractivity contribution in [3.8, 4) is 0 Å². The third-order valence-corrected chi connectivity index (χ3v) is 3.99. The van der Waals surface area contributed by atoms with Crippen molar-refractivity contribution in [2.45, 2.75) is 36.6 Å². The molecule has 1 atom stereocenters. The van der Waals surface area contributed by atoms with Crippen LogP contribution >= 0.6 is 11.8 Å². The fraction of sp³-hybridized carbons (Fsp3) is 0.538. The molecule has 2 rings (SSSR count). The molecule has 0 amide bonds. The lowest BCUT2D eigenvalue weighted by Crippen LogP contribution is -2.36. The number of benzene rings is 1. The number of piperidine rings is 1. The van der Waals surface area contributed by atoms with Crippen LogP contribution in [0.4, 0.5) is 8.78 Å². The second kappa shape index (κ2) is 5.83. The number of hydrogen-bond donors (Lipinski definition) is 1. The molecule has 0 spiro atoms. The van der Waals surface area contributed by atoms with Crippen molar-refractivity contribution in [3.63, 3.8) is 0 Å². The zero-order chi connectivity index (χ0) is 12.3. The first-order chi connectivity index (χ1) is 8.22. The van der Waals surface area contributed by atoms with E-state index in [4.69, 9.17) is 0 Å². The smallest absolute Gasteiger partial charge is 0.142 e. The second-order valence-electron chi connectivity index (χ2n) is 4.39. The SMILES string of the molecule is CSc1ccc(F)c(CC2CCCCN2)c1F. The van der Waals surface area contributed by atoms with E-state index < -0.39 is 5.82 Å².